The van der Waals surface area contributed by atoms with Crippen LogP contribution in [0.25, 0.3) is 0 Å². The summed E-state index contributed by atoms with van der Waals surface area (Å²) in [6.07, 6.45) is -4.27. The quantitative estimate of drug-likeness (QED) is 0.443. The van der Waals surface area contributed by atoms with Gasteiger partial charge in [0.25, 0.3) is 0 Å². The van der Waals surface area contributed by atoms with E-state index in [1.54, 1.807) is 11.6 Å². The van der Waals surface area contributed by atoms with Crippen LogP contribution in [0.1, 0.15) is 0 Å². The molecule has 2 rings (SSSR count). The summed E-state index contributed by atoms with van der Waals surface area (Å²) in [5, 5.41) is 42.9. The van der Waals surface area contributed by atoms with Gasteiger partial charge in [0.15, 0.2) is 11.4 Å². The predicted molar refractivity (Wildman–Crippen MR) is 59.5 cm³/mol. The molecule has 0 spiro atoms. The fourth-order valence-corrected chi connectivity index (χ4v) is 2.19. The summed E-state index contributed by atoms with van der Waals surface area (Å²) in [5.74, 6) is 0. The van der Waals surface area contributed by atoms with Crippen molar-refractivity contribution in [1.82, 2.24) is 4.98 Å². The lowest BCUT2D eigenvalue weighted by molar-refractivity contribution is -0.221. The van der Waals surface area contributed by atoms with E-state index in [0.29, 0.717) is 5.13 Å². The molecule has 7 nitrogen and oxygen atoms in total. The third-order valence-corrected chi connectivity index (χ3v) is 3.29. The van der Waals surface area contributed by atoms with Gasteiger partial charge in [-0.2, -0.15) is 0 Å². The average molecular weight is 262 g/mol. The Labute approximate surface area is 101 Å². The Morgan fingerprint density at radius 1 is 1.29 bits per heavy atom. The van der Waals surface area contributed by atoms with Gasteiger partial charge in [0.1, 0.15) is 24.4 Å². The maximum absolute atomic E-state index is 9.72. The summed E-state index contributed by atoms with van der Waals surface area (Å²) in [6.45, 7) is -0.443. The van der Waals surface area contributed by atoms with Gasteiger partial charge in [-0.1, -0.05) is 0 Å². The van der Waals surface area contributed by atoms with Crippen molar-refractivity contribution in [2.75, 3.05) is 11.9 Å². The van der Waals surface area contributed by atoms with Crippen molar-refractivity contribution in [2.45, 2.75) is 30.6 Å². The smallest absolute Gasteiger partial charge is 0.184 e. The number of aromatic nitrogens is 1. The summed E-state index contributed by atoms with van der Waals surface area (Å²) in [7, 11) is 0. The number of thiazole rings is 1. The van der Waals surface area contributed by atoms with Gasteiger partial charge in [0, 0.05) is 11.6 Å². The number of hydrogen-bond acceptors (Lipinski definition) is 8. The minimum Gasteiger partial charge on any atom is -0.394 e. The molecule has 0 aliphatic carbocycles. The van der Waals surface area contributed by atoms with E-state index in [0.717, 1.165) is 0 Å². The molecule has 0 saturated carbocycles. The van der Waals surface area contributed by atoms with Gasteiger partial charge >= 0.3 is 0 Å². The van der Waals surface area contributed by atoms with Crippen molar-refractivity contribution >= 4 is 16.5 Å². The molecule has 0 aromatic carbocycles. The molecule has 1 aromatic rings. The van der Waals surface area contributed by atoms with Gasteiger partial charge in [-0.05, 0) is 0 Å². The Bertz CT molecular complexity index is 347. The van der Waals surface area contributed by atoms with E-state index in [1.165, 1.54) is 11.3 Å². The van der Waals surface area contributed by atoms with Crippen molar-refractivity contribution in [3.63, 3.8) is 0 Å². The molecule has 1 aliphatic heterocycles. The summed E-state index contributed by atoms with van der Waals surface area (Å²) in [4.78, 5) is 3.95. The van der Waals surface area contributed by atoms with E-state index in [9.17, 15) is 15.3 Å². The molecular weight excluding hydrogens is 248 g/mol. The van der Waals surface area contributed by atoms with Crippen LogP contribution in [0.3, 0.4) is 0 Å². The molecule has 0 radical (unpaired) electrons. The SMILES string of the molecule is OC[C@H]1OC(Nc2nccs2)[C@@H](O)[C@@H](O)[C@@H]1O. The number of ether oxygens (including phenoxy) is 1. The largest absolute Gasteiger partial charge is 0.394 e. The van der Waals surface area contributed by atoms with Crippen LogP contribution in [-0.2, 0) is 4.74 Å². The van der Waals surface area contributed by atoms with Crippen LogP contribution in [-0.4, -0.2) is 62.7 Å². The molecule has 96 valence electrons. The normalized spacial score (nSPS) is 38.0. The maximum atomic E-state index is 9.72. The first-order valence-corrected chi connectivity index (χ1v) is 5.98. The molecule has 0 bridgehead atoms. The van der Waals surface area contributed by atoms with Gasteiger partial charge in [-0.3, -0.25) is 0 Å². The molecule has 1 fully saturated rings. The van der Waals surface area contributed by atoms with Crippen LogP contribution in [0.15, 0.2) is 11.6 Å². The molecule has 5 atom stereocenters. The van der Waals surface area contributed by atoms with Crippen molar-refractivity contribution < 1.29 is 25.2 Å². The second kappa shape index (κ2) is 5.25. The average Bonchev–Trinajstić information content (AvgIpc) is 2.83. The van der Waals surface area contributed by atoms with E-state index < -0.39 is 37.3 Å². The number of nitrogens with zero attached hydrogens (tertiary/aromatic N) is 1. The van der Waals surface area contributed by atoms with Crippen LogP contribution < -0.4 is 5.32 Å². The number of nitrogens with one attached hydrogen (secondary N) is 1. The topological polar surface area (TPSA) is 115 Å². The van der Waals surface area contributed by atoms with Crippen LogP contribution >= 0.6 is 11.3 Å². The minimum absolute atomic E-state index is 0.443. The lowest BCUT2D eigenvalue weighted by atomic mass is 9.98. The van der Waals surface area contributed by atoms with Crippen molar-refractivity contribution in [1.29, 1.82) is 0 Å². The van der Waals surface area contributed by atoms with E-state index in [-0.39, 0.29) is 0 Å². The van der Waals surface area contributed by atoms with E-state index in [1.807, 2.05) is 0 Å². The Morgan fingerprint density at radius 2 is 2.06 bits per heavy atom. The second-order valence-corrected chi connectivity index (χ2v) is 4.63. The molecule has 1 aromatic heterocycles. The van der Waals surface area contributed by atoms with Gasteiger partial charge in [0.2, 0.25) is 0 Å². The van der Waals surface area contributed by atoms with E-state index in [2.05, 4.69) is 10.3 Å². The standard InChI is InChI=1S/C9H14N2O5S/c12-3-4-5(13)6(14)7(15)8(16-4)11-9-10-1-2-17-9/h1-2,4-8,12-15H,3H2,(H,10,11)/t4-,5-,6+,7+,8?/m1/s1. The maximum Gasteiger partial charge on any atom is 0.184 e. The molecule has 0 amide bonds. The molecule has 5 N–H and O–H groups in total. The first kappa shape index (κ1) is 12.7. The highest BCUT2D eigenvalue weighted by Gasteiger charge is 2.43. The Balaban J connectivity index is 2.06. The molecule has 1 unspecified atom stereocenters. The first-order valence-electron chi connectivity index (χ1n) is 5.10. The minimum atomic E-state index is -1.38. The summed E-state index contributed by atoms with van der Waals surface area (Å²) in [5.41, 5.74) is 0. The molecule has 1 aliphatic rings. The lowest BCUT2D eigenvalue weighted by Crippen LogP contribution is -2.60. The Morgan fingerprint density at radius 3 is 2.65 bits per heavy atom. The molecule has 1 saturated heterocycles. The number of rotatable bonds is 3. The zero-order chi connectivity index (χ0) is 12.4. The van der Waals surface area contributed by atoms with Crippen LogP contribution in [0.2, 0.25) is 0 Å². The van der Waals surface area contributed by atoms with Crippen molar-refractivity contribution in [3.05, 3.63) is 11.6 Å². The number of aliphatic hydroxyl groups excluding tert-OH is 4. The molecule has 17 heavy (non-hydrogen) atoms. The number of anilines is 1. The fraction of sp³-hybridized carbons (Fsp3) is 0.667. The van der Waals surface area contributed by atoms with E-state index in [4.69, 9.17) is 9.84 Å². The zero-order valence-electron chi connectivity index (χ0n) is 8.80. The summed E-state index contributed by atoms with van der Waals surface area (Å²) >= 11 is 1.31. The highest BCUT2D eigenvalue weighted by atomic mass is 32.1. The fourth-order valence-electron chi connectivity index (χ4n) is 1.64. The summed E-state index contributed by atoms with van der Waals surface area (Å²) < 4.78 is 5.25. The lowest BCUT2D eigenvalue weighted by Gasteiger charge is -2.40. The molecular formula is C9H14N2O5S. The number of aliphatic hydroxyl groups is 4. The van der Waals surface area contributed by atoms with Crippen LogP contribution in [0.4, 0.5) is 5.13 Å². The van der Waals surface area contributed by atoms with Crippen LogP contribution in [0, 0.1) is 0 Å². The van der Waals surface area contributed by atoms with E-state index >= 15 is 0 Å². The van der Waals surface area contributed by atoms with Crippen LogP contribution in [0.5, 0.6) is 0 Å². The Hall–Kier alpha value is -0.770. The van der Waals surface area contributed by atoms with Gasteiger partial charge in [-0.15, -0.1) is 11.3 Å². The summed E-state index contributed by atoms with van der Waals surface area (Å²) in [6, 6.07) is 0. The predicted octanol–water partition coefficient (Wildman–Crippen LogP) is -1.65. The second-order valence-electron chi connectivity index (χ2n) is 3.73. The molecule has 8 heteroatoms. The first-order chi connectivity index (χ1) is 8.13. The Kier molecular flexibility index (Phi) is 3.92. The third kappa shape index (κ3) is 2.57. The highest BCUT2D eigenvalue weighted by molar-refractivity contribution is 7.13. The monoisotopic (exact) mass is 262 g/mol. The third-order valence-electron chi connectivity index (χ3n) is 2.59. The van der Waals surface area contributed by atoms with Gasteiger partial charge in [-0.25, -0.2) is 4.98 Å². The zero-order valence-corrected chi connectivity index (χ0v) is 9.62. The highest BCUT2D eigenvalue weighted by Crippen LogP contribution is 2.23. The van der Waals surface area contributed by atoms with Crippen molar-refractivity contribution in [2.24, 2.45) is 0 Å². The van der Waals surface area contributed by atoms with Gasteiger partial charge in [0.05, 0.1) is 6.61 Å². The van der Waals surface area contributed by atoms with Crippen molar-refractivity contribution in [3.8, 4) is 0 Å². The van der Waals surface area contributed by atoms with Gasteiger partial charge < -0.3 is 30.5 Å². The molecule has 2 heterocycles. The number of hydrogen-bond donors (Lipinski definition) is 5.